The molecule has 1 aliphatic heterocycles. The van der Waals surface area contributed by atoms with Gasteiger partial charge in [-0.3, -0.25) is 9.59 Å². The molecular formula is C16H21NO3. The molecule has 0 unspecified atom stereocenters. The van der Waals surface area contributed by atoms with Crippen LogP contribution in [0.3, 0.4) is 0 Å². The van der Waals surface area contributed by atoms with Gasteiger partial charge in [0.05, 0.1) is 12.5 Å². The lowest BCUT2D eigenvalue weighted by atomic mass is 10.1. The van der Waals surface area contributed by atoms with Crippen molar-refractivity contribution in [3.05, 3.63) is 35.9 Å². The fourth-order valence-electron chi connectivity index (χ4n) is 2.45. The Kier molecular flexibility index (Phi) is 5.16. The maximum atomic E-state index is 11.9. The molecule has 0 bridgehead atoms. The minimum Gasteiger partial charge on any atom is -0.465 e. The first-order valence-corrected chi connectivity index (χ1v) is 7.13. The van der Waals surface area contributed by atoms with Crippen molar-refractivity contribution in [2.24, 2.45) is 5.92 Å². The maximum absolute atomic E-state index is 11.9. The zero-order chi connectivity index (χ0) is 14.4. The summed E-state index contributed by atoms with van der Waals surface area (Å²) in [6.07, 6.45) is 2.47. The Bertz CT molecular complexity index is 458. The second-order valence-electron chi connectivity index (χ2n) is 5.21. The van der Waals surface area contributed by atoms with Crippen LogP contribution in [0.15, 0.2) is 30.3 Å². The fourth-order valence-corrected chi connectivity index (χ4v) is 2.45. The number of nitrogens with zero attached hydrogens (tertiary/aromatic N) is 1. The molecule has 1 fully saturated rings. The lowest BCUT2D eigenvalue weighted by molar-refractivity contribution is -0.148. The third-order valence-electron chi connectivity index (χ3n) is 3.66. The average molecular weight is 275 g/mol. The number of carbonyl (C=O) groups excluding carboxylic acids is 2. The zero-order valence-corrected chi connectivity index (χ0v) is 11.9. The molecule has 1 aromatic rings. The molecule has 0 radical (unpaired) electrons. The molecule has 2 rings (SSSR count). The number of benzene rings is 1. The van der Waals surface area contributed by atoms with Gasteiger partial charge in [0, 0.05) is 20.0 Å². The standard InChI is InChI=1S/C16H21NO3/c1-13(18)17-10-9-15(12-17)16(19)20-11-5-8-14-6-3-2-4-7-14/h2-4,6-7,15H,5,8-12H2,1H3/t15-/m1/s1. The number of rotatable bonds is 5. The summed E-state index contributed by atoms with van der Waals surface area (Å²) < 4.78 is 5.30. The van der Waals surface area contributed by atoms with Crippen molar-refractivity contribution < 1.29 is 14.3 Å². The molecule has 1 atom stereocenters. The largest absolute Gasteiger partial charge is 0.465 e. The molecule has 20 heavy (non-hydrogen) atoms. The van der Waals surface area contributed by atoms with Gasteiger partial charge in [0.2, 0.25) is 5.91 Å². The van der Waals surface area contributed by atoms with Crippen molar-refractivity contribution in [3.63, 3.8) is 0 Å². The van der Waals surface area contributed by atoms with Gasteiger partial charge in [-0.05, 0) is 24.8 Å². The maximum Gasteiger partial charge on any atom is 0.310 e. The molecule has 0 saturated carbocycles. The molecule has 0 spiro atoms. The molecule has 0 aliphatic carbocycles. The van der Waals surface area contributed by atoms with Crippen molar-refractivity contribution in [3.8, 4) is 0 Å². The molecule has 1 aromatic carbocycles. The number of likely N-dealkylation sites (tertiary alicyclic amines) is 1. The SMILES string of the molecule is CC(=O)N1CC[C@@H](C(=O)OCCCc2ccccc2)C1. The lowest BCUT2D eigenvalue weighted by Gasteiger charge is -2.13. The van der Waals surface area contributed by atoms with E-state index in [4.69, 9.17) is 4.74 Å². The molecular weight excluding hydrogens is 254 g/mol. The average Bonchev–Trinajstić information content (AvgIpc) is 2.94. The van der Waals surface area contributed by atoms with Crippen molar-refractivity contribution in [1.29, 1.82) is 0 Å². The van der Waals surface area contributed by atoms with Crippen LogP contribution in [0.25, 0.3) is 0 Å². The van der Waals surface area contributed by atoms with E-state index in [0.717, 1.165) is 19.3 Å². The van der Waals surface area contributed by atoms with E-state index in [-0.39, 0.29) is 17.8 Å². The summed E-state index contributed by atoms with van der Waals surface area (Å²) in [5.41, 5.74) is 1.26. The van der Waals surface area contributed by atoms with Crippen molar-refractivity contribution in [2.45, 2.75) is 26.2 Å². The molecule has 0 N–H and O–H groups in total. The summed E-state index contributed by atoms with van der Waals surface area (Å²) in [4.78, 5) is 24.8. The van der Waals surface area contributed by atoms with Gasteiger partial charge in [-0.1, -0.05) is 30.3 Å². The number of hydrogen-bond acceptors (Lipinski definition) is 3. The minimum atomic E-state index is -0.165. The van der Waals surface area contributed by atoms with Gasteiger partial charge in [-0.15, -0.1) is 0 Å². The summed E-state index contributed by atoms with van der Waals surface area (Å²) >= 11 is 0. The molecule has 0 aromatic heterocycles. The van der Waals surface area contributed by atoms with Gasteiger partial charge in [0.15, 0.2) is 0 Å². The molecule has 4 heteroatoms. The topological polar surface area (TPSA) is 46.6 Å². The molecule has 4 nitrogen and oxygen atoms in total. The van der Waals surface area contributed by atoms with Crippen LogP contribution in [0.4, 0.5) is 0 Å². The first kappa shape index (κ1) is 14.6. The van der Waals surface area contributed by atoms with E-state index in [1.165, 1.54) is 12.5 Å². The Morgan fingerprint density at radius 2 is 2.05 bits per heavy atom. The second kappa shape index (κ2) is 7.08. The van der Waals surface area contributed by atoms with E-state index in [0.29, 0.717) is 19.7 Å². The molecule has 1 aliphatic rings. The normalized spacial score (nSPS) is 18.1. The summed E-state index contributed by atoms with van der Waals surface area (Å²) in [6.45, 7) is 3.16. The summed E-state index contributed by atoms with van der Waals surface area (Å²) in [5.74, 6) is -0.276. The molecule has 108 valence electrons. The van der Waals surface area contributed by atoms with Crippen LogP contribution in [0.2, 0.25) is 0 Å². The van der Waals surface area contributed by atoms with E-state index < -0.39 is 0 Å². The zero-order valence-electron chi connectivity index (χ0n) is 11.9. The first-order valence-electron chi connectivity index (χ1n) is 7.13. The van der Waals surface area contributed by atoms with Crippen LogP contribution >= 0.6 is 0 Å². The van der Waals surface area contributed by atoms with E-state index in [9.17, 15) is 9.59 Å². The number of amides is 1. The van der Waals surface area contributed by atoms with Gasteiger partial charge in [-0.25, -0.2) is 0 Å². The Hall–Kier alpha value is -1.84. The highest BCUT2D eigenvalue weighted by Crippen LogP contribution is 2.17. The van der Waals surface area contributed by atoms with E-state index in [2.05, 4.69) is 12.1 Å². The number of carbonyl (C=O) groups is 2. The monoisotopic (exact) mass is 275 g/mol. The molecule has 1 saturated heterocycles. The highest BCUT2D eigenvalue weighted by Gasteiger charge is 2.30. The third kappa shape index (κ3) is 4.08. The number of ether oxygens (including phenoxy) is 1. The van der Waals surface area contributed by atoms with Crippen LogP contribution in [0.5, 0.6) is 0 Å². The van der Waals surface area contributed by atoms with Crippen molar-refractivity contribution in [2.75, 3.05) is 19.7 Å². The van der Waals surface area contributed by atoms with Crippen molar-refractivity contribution >= 4 is 11.9 Å². The fraction of sp³-hybridized carbons (Fsp3) is 0.500. The number of esters is 1. The van der Waals surface area contributed by atoms with E-state index >= 15 is 0 Å². The van der Waals surface area contributed by atoms with Crippen LogP contribution in [0, 0.1) is 5.92 Å². The minimum absolute atomic E-state index is 0.0318. The first-order chi connectivity index (χ1) is 9.66. The Morgan fingerprint density at radius 1 is 1.30 bits per heavy atom. The Labute approximate surface area is 119 Å². The molecule has 1 heterocycles. The van der Waals surface area contributed by atoms with E-state index in [1.807, 2.05) is 18.2 Å². The second-order valence-corrected chi connectivity index (χ2v) is 5.21. The van der Waals surface area contributed by atoms with Gasteiger partial charge >= 0.3 is 5.97 Å². The summed E-state index contributed by atoms with van der Waals surface area (Å²) in [5, 5.41) is 0. The Morgan fingerprint density at radius 3 is 2.70 bits per heavy atom. The lowest BCUT2D eigenvalue weighted by Crippen LogP contribution is -2.28. The smallest absolute Gasteiger partial charge is 0.310 e. The number of hydrogen-bond donors (Lipinski definition) is 0. The predicted molar refractivity (Wildman–Crippen MR) is 76.1 cm³/mol. The highest BCUT2D eigenvalue weighted by molar-refractivity contribution is 5.77. The summed E-state index contributed by atoms with van der Waals surface area (Å²) in [7, 11) is 0. The van der Waals surface area contributed by atoms with Crippen molar-refractivity contribution in [1.82, 2.24) is 4.90 Å². The van der Waals surface area contributed by atoms with Crippen LogP contribution < -0.4 is 0 Å². The van der Waals surface area contributed by atoms with E-state index in [1.54, 1.807) is 4.90 Å². The van der Waals surface area contributed by atoms with Gasteiger partial charge in [0.25, 0.3) is 0 Å². The predicted octanol–water partition coefficient (Wildman–Crippen LogP) is 2.03. The Balaban J connectivity index is 1.65. The third-order valence-corrected chi connectivity index (χ3v) is 3.66. The van der Waals surface area contributed by atoms with Gasteiger partial charge < -0.3 is 9.64 Å². The number of aryl methyl sites for hydroxylation is 1. The molecule has 1 amide bonds. The quantitative estimate of drug-likeness (QED) is 0.610. The summed E-state index contributed by atoms with van der Waals surface area (Å²) in [6, 6.07) is 10.2. The highest BCUT2D eigenvalue weighted by atomic mass is 16.5. The van der Waals surface area contributed by atoms with Gasteiger partial charge in [-0.2, -0.15) is 0 Å². The van der Waals surface area contributed by atoms with Crippen LogP contribution in [0.1, 0.15) is 25.3 Å². The van der Waals surface area contributed by atoms with Crippen LogP contribution in [-0.2, 0) is 20.7 Å². The van der Waals surface area contributed by atoms with Gasteiger partial charge in [0.1, 0.15) is 0 Å². The van der Waals surface area contributed by atoms with Crippen LogP contribution in [-0.4, -0.2) is 36.5 Å².